The third-order valence-corrected chi connectivity index (χ3v) is 2.22. The van der Waals surface area contributed by atoms with Crippen LogP contribution in [0, 0.1) is 22.7 Å². The summed E-state index contributed by atoms with van der Waals surface area (Å²) < 4.78 is 38.1. The number of benzene rings is 1. The van der Waals surface area contributed by atoms with Crippen LogP contribution in [0.3, 0.4) is 0 Å². The smallest absolute Gasteiger partial charge is 0.388 e. The summed E-state index contributed by atoms with van der Waals surface area (Å²) >= 11 is 0. The molecule has 0 bridgehead atoms. The Hall–Kier alpha value is -3.73. The number of carbonyl (C=O) groups is 2. The second-order valence-corrected chi connectivity index (χ2v) is 3.77. The molecule has 0 heterocycles. The molecule has 0 atom stereocenters. The fourth-order valence-corrected chi connectivity index (χ4v) is 1.32. The molecule has 0 aromatic heterocycles. The summed E-state index contributed by atoms with van der Waals surface area (Å²) in [5.74, 6) is 0. The number of nitriles is 2. The molecule has 1 aromatic rings. The number of nitrogens with zero attached hydrogens (tertiary/aromatic N) is 2. The Morgan fingerprint density at radius 1 is 1.21 bits per heavy atom. The van der Waals surface area contributed by atoms with Crippen molar-refractivity contribution in [2.24, 2.45) is 11.5 Å². The van der Waals surface area contributed by atoms with Gasteiger partial charge in [-0.2, -0.15) is 23.7 Å². The fraction of sp³-hybridized carbons (Fsp3) is 0.0769. The van der Waals surface area contributed by atoms with E-state index in [1.807, 2.05) is 10.6 Å². The van der Waals surface area contributed by atoms with Gasteiger partial charge in [-0.1, -0.05) is 12.1 Å². The van der Waals surface area contributed by atoms with E-state index in [0.29, 0.717) is 0 Å². The third-order valence-electron chi connectivity index (χ3n) is 2.22. The molecule has 24 heavy (non-hydrogen) atoms. The van der Waals surface area contributed by atoms with Gasteiger partial charge in [0.15, 0.2) is 5.70 Å². The number of hydrogen-bond acceptors (Lipinski definition) is 5. The number of nitrogens with one attached hydrogen (secondary N) is 2. The van der Waals surface area contributed by atoms with Crippen molar-refractivity contribution >= 4 is 18.1 Å². The zero-order chi connectivity index (χ0) is 18.8. The Labute approximate surface area is 134 Å². The van der Waals surface area contributed by atoms with Gasteiger partial charge in [-0.25, -0.2) is 4.79 Å². The quantitative estimate of drug-likeness (QED) is 0.469. The number of rotatable bonds is 2. The van der Waals surface area contributed by atoms with Crippen molar-refractivity contribution in [3.8, 4) is 12.1 Å². The molecule has 126 valence electrons. The Bertz CT molecular complexity index is 716. The van der Waals surface area contributed by atoms with Gasteiger partial charge in [0.2, 0.25) is 6.41 Å². The van der Waals surface area contributed by atoms with Crippen molar-refractivity contribution in [1.29, 1.82) is 10.5 Å². The Balaban J connectivity index is 0.00000163. The summed E-state index contributed by atoms with van der Waals surface area (Å²) in [4.78, 5) is 20.1. The minimum atomic E-state index is -4.65. The van der Waals surface area contributed by atoms with E-state index in [0.717, 1.165) is 12.1 Å². The lowest BCUT2D eigenvalue weighted by Crippen LogP contribution is -2.30. The van der Waals surface area contributed by atoms with E-state index in [2.05, 4.69) is 5.73 Å². The summed E-state index contributed by atoms with van der Waals surface area (Å²) in [5, 5.41) is 21.0. The van der Waals surface area contributed by atoms with Gasteiger partial charge in [0, 0.05) is 0 Å². The average molecular weight is 340 g/mol. The zero-order valence-electron chi connectivity index (χ0n) is 11.9. The molecule has 6 N–H and O–H groups in total. The SMILES string of the molecule is N#C/C(N)=C(\C#N)NC(=O)Nc1ccccc1C(F)(F)F.NC=O. The van der Waals surface area contributed by atoms with E-state index in [1.54, 1.807) is 0 Å². The summed E-state index contributed by atoms with van der Waals surface area (Å²) in [6, 6.07) is 6.07. The summed E-state index contributed by atoms with van der Waals surface area (Å²) in [7, 11) is 0. The summed E-state index contributed by atoms with van der Waals surface area (Å²) in [6.07, 6.45) is -4.40. The van der Waals surface area contributed by atoms with Crippen molar-refractivity contribution in [3.63, 3.8) is 0 Å². The monoisotopic (exact) mass is 340 g/mol. The molecule has 0 saturated carbocycles. The fourth-order valence-electron chi connectivity index (χ4n) is 1.32. The number of primary amides is 1. The predicted molar refractivity (Wildman–Crippen MR) is 76.3 cm³/mol. The Morgan fingerprint density at radius 2 is 1.75 bits per heavy atom. The van der Waals surface area contributed by atoms with Gasteiger partial charge in [-0.15, -0.1) is 0 Å². The van der Waals surface area contributed by atoms with E-state index in [9.17, 15) is 18.0 Å². The van der Waals surface area contributed by atoms with Gasteiger partial charge in [0.25, 0.3) is 0 Å². The first-order valence-electron chi connectivity index (χ1n) is 5.90. The number of para-hydroxylation sites is 1. The molecule has 11 heteroatoms. The Kier molecular flexibility index (Phi) is 7.87. The zero-order valence-corrected chi connectivity index (χ0v) is 11.9. The normalized spacial score (nSPS) is 10.7. The molecule has 8 nitrogen and oxygen atoms in total. The van der Waals surface area contributed by atoms with E-state index < -0.39 is 34.9 Å². The number of anilines is 1. The highest BCUT2D eigenvalue weighted by molar-refractivity contribution is 5.91. The molecule has 0 spiro atoms. The van der Waals surface area contributed by atoms with Crippen molar-refractivity contribution in [2.75, 3.05) is 5.32 Å². The van der Waals surface area contributed by atoms with Gasteiger partial charge in [-0.05, 0) is 12.1 Å². The molecule has 0 fully saturated rings. The lowest BCUT2D eigenvalue weighted by molar-refractivity contribution is -0.136. The van der Waals surface area contributed by atoms with Crippen LogP contribution in [-0.4, -0.2) is 12.4 Å². The van der Waals surface area contributed by atoms with E-state index in [-0.39, 0.29) is 6.41 Å². The largest absolute Gasteiger partial charge is 0.418 e. The van der Waals surface area contributed by atoms with Crippen LogP contribution in [0.1, 0.15) is 5.56 Å². The van der Waals surface area contributed by atoms with E-state index in [1.165, 1.54) is 24.3 Å². The first-order chi connectivity index (χ1) is 11.2. The minimum Gasteiger partial charge on any atom is -0.388 e. The molecule has 0 unspecified atom stereocenters. The van der Waals surface area contributed by atoms with Gasteiger partial charge in [0.05, 0.1) is 11.3 Å². The molecule has 1 rings (SSSR count). The maximum atomic E-state index is 12.7. The standard InChI is InChI=1S/C12H8F3N5O.CH3NO/c13-12(14,15)7-3-1-2-4-9(7)19-11(21)20-10(6-17)8(18)5-16;2-1-3/h1-4H,18H2,(H2,19,20,21);1H,(H2,2,3)/b10-8-;. The van der Waals surface area contributed by atoms with Crippen LogP contribution in [0.15, 0.2) is 35.7 Å². The topological polar surface area (TPSA) is 158 Å². The van der Waals surface area contributed by atoms with Gasteiger partial charge in [0.1, 0.15) is 17.8 Å². The molecular weight excluding hydrogens is 329 g/mol. The van der Waals surface area contributed by atoms with Crippen LogP contribution in [-0.2, 0) is 11.0 Å². The molecule has 3 amide bonds. The van der Waals surface area contributed by atoms with Crippen molar-refractivity contribution in [3.05, 3.63) is 41.2 Å². The second kappa shape index (κ2) is 9.32. The summed E-state index contributed by atoms with van der Waals surface area (Å²) in [5.41, 5.74) is 6.66. The number of alkyl halides is 3. The number of allylic oxidation sites excluding steroid dienone is 2. The number of amides is 3. The second-order valence-electron chi connectivity index (χ2n) is 3.77. The molecule has 0 aliphatic carbocycles. The Morgan fingerprint density at radius 3 is 2.21 bits per heavy atom. The molecular formula is C13H11F3N6O2. The first-order valence-corrected chi connectivity index (χ1v) is 5.90. The number of nitrogens with two attached hydrogens (primary N) is 2. The van der Waals surface area contributed by atoms with Gasteiger partial charge >= 0.3 is 12.2 Å². The predicted octanol–water partition coefficient (Wildman–Crippen LogP) is 1.15. The van der Waals surface area contributed by atoms with Crippen molar-refractivity contribution < 1.29 is 22.8 Å². The van der Waals surface area contributed by atoms with E-state index >= 15 is 0 Å². The van der Waals surface area contributed by atoms with Crippen LogP contribution in [0.2, 0.25) is 0 Å². The van der Waals surface area contributed by atoms with Gasteiger partial charge in [-0.3, -0.25) is 10.1 Å². The minimum absolute atomic E-state index is 0.250. The molecule has 0 saturated heterocycles. The molecule has 1 aromatic carbocycles. The summed E-state index contributed by atoms with van der Waals surface area (Å²) in [6.45, 7) is 0. The average Bonchev–Trinajstić information content (AvgIpc) is 2.52. The lowest BCUT2D eigenvalue weighted by atomic mass is 10.1. The number of urea groups is 1. The molecule has 0 aliphatic rings. The van der Waals surface area contributed by atoms with Gasteiger partial charge < -0.3 is 16.8 Å². The lowest BCUT2D eigenvalue weighted by Gasteiger charge is -2.13. The number of carbonyl (C=O) groups excluding carboxylic acids is 2. The number of halogens is 3. The molecule has 0 radical (unpaired) electrons. The van der Waals surface area contributed by atoms with E-state index in [4.69, 9.17) is 21.1 Å². The maximum absolute atomic E-state index is 12.7. The van der Waals surface area contributed by atoms with Crippen molar-refractivity contribution in [1.82, 2.24) is 5.32 Å². The van der Waals surface area contributed by atoms with Crippen LogP contribution >= 0.6 is 0 Å². The van der Waals surface area contributed by atoms with Crippen LogP contribution in [0.5, 0.6) is 0 Å². The third kappa shape index (κ3) is 6.36. The number of hydrogen-bond donors (Lipinski definition) is 4. The maximum Gasteiger partial charge on any atom is 0.418 e. The highest BCUT2D eigenvalue weighted by Crippen LogP contribution is 2.34. The van der Waals surface area contributed by atoms with Crippen LogP contribution in [0.25, 0.3) is 0 Å². The highest BCUT2D eigenvalue weighted by Gasteiger charge is 2.33. The van der Waals surface area contributed by atoms with Crippen LogP contribution < -0.4 is 22.1 Å². The first kappa shape index (κ1) is 20.3. The highest BCUT2D eigenvalue weighted by atomic mass is 19.4. The van der Waals surface area contributed by atoms with Crippen LogP contribution in [0.4, 0.5) is 23.7 Å². The molecule has 0 aliphatic heterocycles. The van der Waals surface area contributed by atoms with Crippen molar-refractivity contribution in [2.45, 2.75) is 6.18 Å².